The first-order chi connectivity index (χ1) is 40.8. The Labute approximate surface area is 511 Å². The number of aliphatic imine (C=N–C) groups is 1. The summed E-state index contributed by atoms with van der Waals surface area (Å²) in [7, 11) is 6.15. The van der Waals surface area contributed by atoms with Gasteiger partial charge in [-0.2, -0.15) is 4.99 Å². The molecule has 1 saturated carbocycles. The molecule has 5 aromatic rings. The van der Waals surface area contributed by atoms with Gasteiger partial charge in [0.2, 0.25) is 5.60 Å². The number of H-pyrrole nitrogens is 1. The molecule has 12 rings (SSSR count). The maximum atomic E-state index is 15.3. The van der Waals surface area contributed by atoms with E-state index < -0.39 is 57.5 Å². The second-order valence-corrected chi connectivity index (χ2v) is 25.8. The summed E-state index contributed by atoms with van der Waals surface area (Å²) in [6.07, 6.45) is 7.89. The number of thioether (sulfide) groups is 1. The minimum atomic E-state index is -2.30. The summed E-state index contributed by atoms with van der Waals surface area (Å²) >= 11 is 13.4. The van der Waals surface area contributed by atoms with Crippen molar-refractivity contribution in [1.29, 1.82) is 0 Å². The number of halogens is 2. The zero-order chi connectivity index (χ0) is 60.4. The molecule has 1 aliphatic carbocycles. The molecule has 1 spiro atoms. The van der Waals surface area contributed by atoms with E-state index in [4.69, 9.17) is 42.1 Å². The third kappa shape index (κ3) is 10.1. The number of hydrogen-bond acceptors (Lipinski definition) is 15. The second kappa shape index (κ2) is 23.5. The highest BCUT2D eigenvalue weighted by atomic mass is 35.5. The molecule has 7 aliphatic rings. The van der Waals surface area contributed by atoms with Gasteiger partial charge in [-0.25, -0.2) is 9.59 Å². The van der Waals surface area contributed by atoms with Gasteiger partial charge in [0.05, 0.1) is 33.0 Å². The van der Waals surface area contributed by atoms with Crippen LogP contribution >= 0.6 is 35.0 Å². The summed E-state index contributed by atoms with van der Waals surface area (Å²) in [6, 6.07) is 26.0. The summed E-state index contributed by atoms with van der Waals surface area (Å²) in [4.78, 5) is 73.9. The van der Waals surface area contributed by atoms with Crippen molar-refractivity contribution in [3.8, 4) is 5.75 Å². The number of fused-ring (bicyclic) bond motifs is 6. The quantitative estimate of drug-likeness (QED) is 0.0644. The molecule has 2 saturated heterocycles. The highest BCUT2D eigenvalue weighted by Gasteiger charge is 2.80. The Hall–Kier alpha value is -6.12. The molecule has 17 nitrogen and oxygen atoms in total. The summed E-state index contributed by atoms with van der Waals surface area (Å²) in [5.41, 5.74) is 0.546. The SMILES string of the molecule is CC[C@]1(O)C[C@H]2CN(CCc3c([nH]c4ccccc34)[C@@](C(=O)OC)(c3cc4c(cc3OC)N(C)[C@H]3[C@@](O)(C(=O)OC)[C@H](OC(C)=O)[C@]5(CC)C=CCN6CC[C@]43[C@@H]65)C2)C1.CSC1=NC(=O)N(Cc2ccc(Cl)cc2)CCN1Cc1ccc(Cl)cc1. The Morgan fingerprint density at radius 1 is 0.824 bits per heavy atom. The Kier molecular flexibility index (Phi) is 16.8. The predicted octanol–water partition coefficient (Wildman–Crippen LogP) is 9.14. The Morgan fingerprint density at radius 2 is 1.49 bits per heavy atom. The second-order valence-electron chi connectivity index (χ2n) is 24.2. The molecular formula is C65H77Cl2N7O10S. The van der Waals surface area contributed by atoms with Crippen LogP contribution in [0.1, 0.15) is 86.4 Å². The van der Waals surface area contributed by atoms with Crippen molar-refractivity contribution in [3.05, 3.63) is 141 Å². The van der Waals surface area contributed by atoms with E-state index in [0.717, 1.165) is 56.3 Å². The van der Waals surface area contributed by atoms with Crippen molar-refractivity contribution in [2.45, 2.75) is 113 Å². The van der Waals surface area contributed by atoms with E-state index in [9.17, 15) is 24.6 Å². The highest BCUT2D eigenvalue weighted by Crippen LogP contribution is 2.68. The van der Waals surface area contributed by atoms with Crippen LogP contribution in [-0.4, -0.2) is 174 Å². The largest absolute Gasteiger partial charge is 0.496 e. The van der Waals surface area contributed by atoms with Gasteiger partial charge in [-0.05, 0) is 116 Å². The van der Waals surface area contributed by atoms with Gasteiger partial charge in [0.15, 0.2) is 11.3 Å². The van der Waals surface area contributed by atoms with Crippen molar-refractivity contribution in [2.24, 2.45) is 16.3 Å². The Bertz CT molecular complexity index is 3460. The third-order valence-corrected chi connectivity index (χ3v) is 20.9. The number of carbonyl (C=O) groups is 4. The molecule has 4 aromatic carbocycles. The van der Waals surface area contributed by atoms with E-state index in [2.05, 4.69) is 49.0 Å². The van der Waals surface area contributed by atoms with E-state index in [0.29, 0.717) is 112 Å². The highest BCUT2D eigenvalue weighted by molar-refractivity contribution is 8.13. The predicted molar refractivity (Wildman–Crippen MR) is 330 cm³/mol. The number of hydrogen-bond donors (Lipinski definition) is 3. The zero-order valence-corrected chi connectivity index (χ0v) is 52.0. The number of aromatic amines is 1. The first kappa shape index (κ1) is 60.6. The fourth-order valence-corrected chi connectivity index (χ4v) is 17.1. The number of urea groups is 1. The molecule has 6 aliphatic heterocycles. The molecule has 1 unspecified atom stereocenters. The number of piperidine rings is 1. The maximum absolute atomic E-state index is 15.3. The summed E-state index contributed by atoms with van der Waals surface area (Å²) in [5, 5.41) is 28.5. The topological polar surface area (TPSA) is 190 Å². The molecule has 10 atom stereocenters. The molecule has 7 heterocycles. The van der Waals surface area contributed by atoms with Crippen LogP contribution in [0, 0.1) is 11.3 Å². The van der Waals surface area contributed by atoms with Crippen molar-refractivity contribution in [2.75, 3.05) is 85.3 Å². The maximum Gasteiger partial charge on any atom is 0.346 e. The van der Waals surface area contributed by atoms with Gasteiger partial charge >= 0.3 is 23.9 Å². The number of likely N-dealkylation sites (N-methyl/N-ethyl adjacent to an activating group) is 1. The van der Waals surface area contributed by atoms with E-state index in [1.165, 1.54) is 32.9 Å². The number of carbonyl (C=O) groups excluding carboxylic acids is 4. The van der Waals surface area contributed by atoms with Gasteiger partial charge in [0.25, 0.3) is 0 Å². The number of anilines is 1. The average molecular weight is 1220 g/mol. The number of amidine groups is 1. The number of esters is 3. The molecule has 0 radical (unpaired) electrons. The van der Waals surface area contributed by atoms with Gasteiger partial charge in [0.1, 0.15) is 11.2 Å². The van der Waals surface area contributed by atoms with Crippen LogP contribution in [0.2, 0.25) is 10.0 Å². The van der Waals surface area contributed by atoms with Gasteiger partial charge in [-0.15, -0.1) is 0 Å². The minimum absolute atomic E-state index is 0.0986. The Morgan fingerprint density at radius 3 is 2.13 bits per heavy atom. The van der Waals surface area contributed by atoms with Crippen molar-refractivity contribution in [3.63, 3.8) is 0 Å². The lowest BCUT2D eigenvalue weighted by Crippen LogP contribution is -2.81. The normalized spacial score (nSPS) is 30.3. The number of benzene rings is 4. The lowest BCUT2D eigenvalue weighted by molar-refractivity contribution is -0.228. The van der Waals surface area contributed by atoms with Crippen LogP contribution in [0.4, 0.5) is 10.5 Å². The molecule has 452 valence electrons. The molecule has 2 amide bonds. The van der Waals surface area contributed by atoms with Crippen LogP contribution in [0.25, 0.3) is 10.9 Å². The molecule has 3 N–H and O–H groups in total. The van der Waals surface area contributed by atoms with Crippen LogP contribution in [0.5, 0.6) is 5.75 Å². The van der Waals surface area contributed by atoms with Crippen molar-refractivity contribution < 1.29 is 48.3 Å². The number of para-hydroxylation sites is 1. The fourth-order valence-electron chi connectivity index (χ4n) is 16.3. The van der Waals surface area contributed by atoms with Crippen LogP contribution < -0.4 is 9.64 Å². The first-order valence-electron chi connectivity index (χ1n) is 29.4. The van der Waals surface area contributed by atoms with Crippen LogP contribution in [0.3, 0.4) is 0 Å². The number of aliphatic hydroxyl groups is 2. The van der Waals surface area contributed by atoms with Gasteiger partial charge in [0, 0.05) is 127 Å². The fraction of sp³-hybridized carbons (Fsp3) is 0.492. The van der Waals surface area contributed by atoms with Crippen molar-refractivity contribution in [1.82, 2.24) is 24.6 Å². The Balaban J connectivity index is 0.000000242. The molecule has 2 bridgehead atoms. The lowest BCUT2D eigenvalue weighted by Gasteiger charge is -2.63. The average Bonchev–Trinajstić information content (AvgIpc) is 1.53. The standard InChI is InChI=1S/C46H58N4O9.C19H19Cl2N3OS/c1-8-42(54)23-28-24-45(40(52)57-6,36-30(15-19-49(25-28)26-42)29-13-10-11-14-33(29)47-36)32-21-31-34(22-35(32)56-5)48(4)38-44(31)17-20-50-18-12-16-43(9-2,37(44)50)39(59-27(3)51)46(38,55)41(53)58-7;1-26-19-22-18(25)23(12-14-2-6-16(20)7-3-14)10-11-24(19)13-15-4-8-17(21)9-5-15/h10-14,16,21-22,28,37-39,47,54-55H,8-9,15,17-20,23-26H2,1-7H3;2-9H,10-13H2,1H3/t28-,37+,38-,39-,42+,43-,44-,45+,46+;/m1./s1. The van der Waals surface area contributed by atoms with Crippen molar-refractivity contribution >= 4 is 80.7 Å². The summed E-state index contributed by atoms with van der Waals surface area (Å²) < 4.78 is 23.9. The molecule has 3 fully saturated rings. The monoisotopic (exact) mass is 1220 g/mol. The van der Waals surface area contributed by atoms with Gasteiger partial charge in [-0.1, -0.05) is 103 Å². The lowest BCUT2D eigenvalue weighted by atomic mass is 9.47. The number of methoxy groups -OCH3 is 3. The summed E-state index contributed by atoms with van der Waals surface area (Å²) in [6.45, 7) is 11.2. The molecule has 20 heteroatoms. The smallest absolute Gasteiger partial charge is 0.346 e. The van der Waals surface area contributed by atoms with E-state index in [1.54, 1.807) is 12.0 Å². The molecule has 85 heavy (non-hydrogen) atoms. The number of rotatable bonds is 11. The molecular weight excluding hydrogens is 1140 g/mol. The number of nitrogens with zero attached hydrogens (tertiary/aromatic N) is 6. The van der Waals surface area contributed by atoms with E-state index in [1.807, 2.05) is 105 Å². The van der Waals surface area contributed by atoms with Crippen LogP contribution in [0.15, 0.2) is 102 Å². The number of ether oxygens (including phenoxy) is 4. The van der Waals surface area contributed by atoms with Gasteiger partial charge in [-0.3, -0.25) is 19.4 Å². The summed E-state index contributed by atoms with van der Waals surface area (Å²) in [5.74, 6) is -1.56. The minimum Gasteiger partial charge on any atom is -0.496 e. The third-order valence-electron chi connectivity index (χ3n) is 19.7. The van der Waals surface area contributed by atoms with Gasteiger partial charge < -0.3 is 48.8 Å². The van der Waals surface area contributed by atoms with E-state index in [-0.39, 0.29) is 18.0 Å². The first-order valence-corrected chi connectivity index (χ1v) is 31.4. The van der Waals surface area contributed by atoms with E-state index >= 15 is 4.79 Å². The number of amides is 2. The molecule has 1 aromatic heterocycles. The van der Waals surface area contributed by atoms with Crippen LogP contribution in [-0.2, 0) is 58.9 Å². The number of aromatic nitrogens is 1. The number of nitrogens with one attached hydrogen (secondary N) is 1. The zero-order valence-electron chi connectivity index (χ0n) is 49.7.